The van der Waals surface area contributed by atoms with Crippen molar-refractivity contribution in [3.8, 4) is 11.1 Å². The Hall–Kier alpha value is -3.43. The van der Waals surface area contributed by atoms with Crippen molar-refractivity contribution in [2.45, 2.75) is 31.3 Å². The van der Waals surface area contributed by atoms with E-state index in [0.29, 0.717) is 5.92 Å². The zero-order valence-corrected chi connectivity index (χ0v) is 19.6. The lowest BCUT2D eigenvalue weighted by atomic mass is 9.98. The number of rotatable bonds is 12. The number of nitrogens with one attached hydrogen (secondary N) is 2. The van der Waals surface area contributed by atoms with Gasteiger partial charge in [-0.1, -0.05) is 48.5 Å². The lowest BCUT2D eigenvalue weighted by molar-refractivity contribution is -0.165. The Morgan fingerprint density at radius 3 is 2.23 bits per heavy atom. The molecule has 3 N–H and O–H groups in total. The van der Waals surface area contributed by atoms with Crippen molar-refractivity contribution < 1.29 is 33.8 Å². The molecular formula is C26H30N2O7. The molecule has 0 saturated heterocycles. The van der Waals surface area contributed by atoms with Crippen LogP contribution < -0.4 is 10.8 Å². The van der Waals surface area contributed by atoms with E-state index in [1.165, 1.54) is 7.11 Å². The van der Waals surface area contributed by atoms with E-state index in [9.17, 15) is 14.4 Å². The fraction of sp³-hybridized carbons (Fsp3) is 0.423. The minimum Gasteiger partial charge on any atom is -0.479 e. The van der Waals surface area contributed by atoms with Gasteiger partial charge in [0.05, 0.1) is 6.61 Å². The van der Waals surface area contributed by atoms with Crippen LogP contribution in [0.25, 0.3) is 11.1 Å². The fourth-order valence-electron chi connectivity index (χ4n) is 4.56. The number of methoxy groups -OCH3 is 1. The Bertz CT molecular complexity index is 1020. The number of aliphatic carboxylic acids is 1. The summed E-state index contributed by atoms with van der Waals surface area (Å²) in [6.45, 7) is 0.318. The Morgan fingerprint density at radius 1 is 1.03 bits per heavy atom. The average Bonchev–Trinajstić information content (AvgIpc) is 3.65. The van der Waals surface area contributed by atoms with E-state index in [1.54, 1.807) is 0 Å². The summed E-state index contributed by atoms with van der Waals surface area (Å²) in [6, 6.07) is 16.3. The number of hydrogen-bond acceptors (Lipinski definition) is 6. The van der Waals surface area contributed by atoms with Crippen molar-refractivity contribution in [1.82, 2.24) is 10.8 Å². The van der Waals surface area contributed by atoms with E-state index < -0.39 is 24.1 Å². The summed E-state index contributed by atoms with van der Waals surface area (Å²) in [5.74, 6) is -1.47. The van der Waals surface area contributed by atoms with E-state index in [2.05, 4.69) is 35.1 Å². The van der Waals surface area contributed by atoms with Crippen molar-refractivity contribution in [2.75, 3.05) is 26.9 Å². The molecular weight excluding hydrogens is 452 g/mol. The van der Waals surface area contributed by atoms with Gasteiger partial charge >= 0.3 is 12.1 Å². The van der Waals surface area contributed by atoms with Crippen LogP contribution in [0.4, 0.5) is 4.79 Å². The highest BCUT2D eigenvalue weighted by molar-refractivity contribution is 5.79. The van der Waals surface area contributed by atoms with Gasteiger partial charge < -0.3 is 19.9 Å². The Morgan fingerprint density at radius 2 is 1.66 bits per heavy atom. The summed E-state index contributed by atoms with van der Waals surface area (Å²) >= 11 is 0. The average molecular weight is 483 g/mol. The quantitative estimate of drug-likeness (QED) is 0.397. The maximum absolute atomic E-state index is 12.5. The molecule has 0 aromatic heterocycles. The maximum Gasteiger partial charge on any atom is 0.407 e. The molecule has 0 radical (unpaired) electrons. The molecule has 4 rings (SSSR count). The van der Waals surface area contributed by atoms with Gasteiger partial charge in [0.25, 0.3) is 0 Å². The number of fused-ring (bicyclic) bond motifs is 3. The summed E-state index contributed by atoms with van der Waals surface area (Å²) in [4.78, 5) is 40.8. The molecule has 1 saturated carbocycles. The van der Waals surface area contributed by atoms with Crippen molar-refractivity contribution in [2.24, 2.45) is 11.8 Å². The molecule has 2 aliphatic rings. The largest absolute Gasteiger partial charge is 0.479 e. The molecule has 2 unspecified atom stereocenters. The van der Waals surface area contributed by atoms with Crippen LogP contribution in [-0.2, 0) is 23.9 Å². The summed E-state index contributed by atoms with van der Waals surface area (Å²) in [6.07, 6.45) is 0.245. The predicted octanol–water partition coefficient (Wildman–Crippen LogP) is 3.09. The van der Waals surface area contributed by atoms with Gasteiger partial charge in [0.1, 0.15) is 6.61 Å². The third-order valence-corrected chi connectivity index (χ3v) is 6.50. The van der Waals surface area contributed by atoms with E-state index in [4.69, 9.17) is 19.4 Å². The van der Waals surface area contributed by atoms with Gasteiger partial charge in [-0.2, -0.15) is 0 Å². The molecule has 0 spiro atoms. The van der Waals surface area contributed by atoms with Crippen LogP contribution in [0.3, 0.4) is 0 Å². The van der Waals surface area contributed by atoms with Crippen LogP contribution in [0.15, 0.2) is 48.5 Å². The molecule has 0 bridgehead atoms. The van der Waals surface area contributed by atoms with Crippen molar-refractivity contribution in [1.29, 1.82) is 0 Å². The lowest BCUT2D eigenvalue weighted by Gasteiger charge is -2.19. The molecule has 2 aromatic carbocycles. The molecule has 9 nitrogen and oxygen atoms in total. The van der Waals surface area contributed by atoms with E-state index in [-0.39, 0.29) is 38.0 Å². The number of carboxylic acids is 1. The molecule has 2 amide bonds. The minimum atomic E-state index is -1.29. The number of hydroxylamine groups is 1. The standard InChI is InChI=1S/C26H30N2O7/c1-33-15-23(25(30)31)35-28-24(29)12-17(16-10-11-16)13-27-26(32)34-14-22-20-8-4-2-6-18(20)19-7-3-5-9-21(19)22/h2-9,16-17,22-23H,10-15H2,1H3,(H,27,32)(H,28,29)(H,30,31). The minimum absolute atomic E-state index is 0.0235. The fourth-order valence-corrected chi connectivity index (χ4v) is 4.56. The third-order valence-electron chi connectivity index (χ3n) is 6.50. The number of carbonyl (C=O) groups is 3. The normalized spacial score (nSPS) is 16.0. The predicted molar refractivity (Wildman–Crippen MR) is 126 cm³/mol. The van der Waals surface area contributed by atoms with Gasteiger partial charge in [-0.25, -0.2) is 15.1 Å². The highest BCUT2D eigenvalue weighted by Gasteiger charge is 2.34. The highest BCUT2D eigenvalue weighted by Crippen LogP contribution is 2.44. The van der Waals surface area contributed by atoms with Crippen LogP contribution in [0.2, 0.25) is 0 Å². The molecule has 186 valence electrons. The van der Waals surface area contributed by atoms with Crippen LogP contribution in [-0.4, -0.2) is 56.0 Å². The number of ether oxygens (including phenoxy) is 2. The molecule has 0 heterocycles. The van der Waals surface area contributed by atoms with Gasteiger partial charge in [-0.05, 0) is 46.9 Å². The van der Waals surface area contributed by atoms with E-state index in [0.717, 1.165) is 35.1 Å². The number of amides is 2. The van der Waals surface area contributed by atoms with Crippen molar-refractivity contribution >= 4 is 18.0 Å². The molecule has 2 aromatic rings. The second-order valence-electron chi connectivity index (χ2n) is 8.93. The molecule has 35 heavy (non-hydrogen) atoms. The van der Waals surface area contributed by atoms with Crippen molar-refractivity contribution in [3.63, 3.8) is 0 Å². The molecule has 2 atom stereocenters. The first-order valence-electron chi connectivity index (χ1n) is 11.7. The molecule has 0 aliphatic heterocycles. The molecule has 1 fully saturated rings. The smallest absolute Gasteiger partial charge is 0.407 e. The summed E-state index contributed by atoms with van der Waals surface area (Å²) < 4.78 is 10.3. The maximum atomic E-state index is 12.5. The van der Waals surface area contributed by atoms with E-state index >= 15 is 0 Å². The SMILES string of the molecule is COCC(ONC(=O)CC(CNC(=O)OCC1c2ccccc2-c2ccccc21)C1CC1)C(=O)O. The molecule has 2 aliphatic carbocycles. The van der Waals surface area contributed by atoms with Crippen LogP contribution in [0.1, 0.15) is 36.3 Å². The van der Waals surface area contributed by atoms with Crippen LogP contribution in [0, 0.1) is 11.8 Å². The first-order valence-corrected chi connectivity index (χ1v) is 11.7. The Balaban J connectivity index is 1.26. The Labute approximate surface area is 203 Å². The molecule has 9 heteroatoms. The highest BCUT2D eigenvalue weighted by atomic mass is 16.7. The van der Waals surface area contributed by atoms with Crippen LogP contribution >= 0.6 is 0 Å². The van der Waals surface area contributed by atoms with Gasteiger partial charge in [-0.15, -0.1) is 0 Å². The second kappa shape index (κ2) is 11.3. The number of hydrogen-bond donors (Lipinski definition) is 3. The van der Waals surface area contributed by atoms with Crippen molar-refractivity contribution in [3.05, 3.63) is 59.7 Å². The number of carbonyl (C=O) groups excluding carboxylic acids is 2. The zero-order chi connectivity index (χ0) is 24.8. The number of alkyl carbamates (subject to hydrolysis) is 1. The first kappa shape index (κ1) is 24.7. The summed E-state index contributed by atoms with van der Waals surface area (Å²) in [5.41, 5.74) is 6.79. The lowest BCUT2D eigenvalue weighted by Crippen LogP contribution is -2.39. The zero-order valence-electron chi connectivity index (χ0n) is 19.6. The second-order valence-corrected chi connectivity index (χ2v) is 8.93. The van der Waals surface area contributed by atoms with Crippen LogP contribution in [0.5, 0.6) is 0 Å². The van der Waals surface area contributed by atoms with Gasteiger partial charge in [0.15, 0.2) is 0 Å². The number of carboxylic acid groups (broad SMARTS) is 1. The van der Waals surface area contributed by atoms with Gasteiger partial charge in [-0.3, -0.25) is 9.63 Å². The topological polar surface area (TPSA) is 123 Å². The van der Waals surface area contributed by atoms with E-state index in [1.807, 2.05) is 24.3 Å². The Kier molecular flexibility index (Phi) is 7.99. The monoisotopic (exact) mass is 482 g/mol. The third kappa shape index (κ3) is 6.17. The van der Waals surface area contributed by atoms with Gasteiger partial charge in [0.2, 0.25) is 12.0 Å². The van der Waals surface area contributed by atoms with Gasteiger partial charge in [0, 0.05) is 26.0 Å². The number of benzene rings is 2. The summed E-state index contributed by atoms with van der Waals surface area (Å²) in [7, 11) is 1.35. The summed E-state index contributed by atoms with van der Waals surface area (Å²) in [5, 5.41) is 11.9. The first-order chi connectivity index (χ1) is 17.0.